The largest absolute Gasteiger partial charge is 0.372 e. The third kappa shape index (κ3) is 2.80. The number of aryl methyl sites for hydroxylation is 1. The van der Waals surface area contributed by atoms with E-state index in [0.29, 0.717) is 0 Å². The predicted molar refractivity (Wildman–Crippen MR) is 82.2 cm³/mol. The molecule has 0 bridgehead atoms. The van der Waals surface area contributed by atoms with Gasteiger partial charge in [0, 0.05) is 31.0 Å². The molecule has 2 fully saturated rings. The van der Waals surface area contributed by atoms with E-state index in [0.717, 1.165) is 43.9 Å². The summed E-state index contributed by atoms with van der Waals surface area (Å²) in [6.07, 6.45) is 3.51. The minimum absolute atomic E-state index is 0.118. The van der Waals surface area contributed by atoms with Crippen LogP contribution < -0.4 is 15.5 Å². The Morgan fingerprint density at radius 1 is 1.35 bits per heavy atom. The third-order valence-electron chi connectivity index (χ3n) is 4.37. The zero-order chi connectivity index (χ0) is 13.9. The van der Waals surface area contributed by atoms with Crippen molar-refractivity contribution in [3.05, 3.63) is 23.8 Å². The normalized spacial score (nSPS) is 22.2. The molecule has 2 saturated heterocycles. The number of hydrogen-bond donors (Lipinski definition) is 2. The number of rotatable bonds is 3. The van der Waals surface area contributed by atoms with Crippen molar-refractivity contribution >= 4 is 17.3 Å². The average molecular weight is 273 g/mol. The molecule has 4 heteroatoms. The lowest BCUT2D eigenvalue weighted by atomic mass is 10.1. The van der Waals surface area contributed by atoms with Crippen LogP contribution in [0.5, 0.6) is 0 Å². The van der Waals surface area contributed by atoms with Gasteiger partial charge < -0.3 is 15.5 Å². The van der Waals surface area contributed by atoms with E-state index in [4.69, 9.17) is 0 Å². The molecule has 0 aliphatic carbocycles. The van der Waals surface area contributed by atoms with Crippen LogP contribution in [0.2, 0.25) is 0 Å². The number of amides is 1. The first-order valence-electron chi connectivity index (χ1n) is 7.61. The Bertz CT molecular complexity index is 488. The molecule has 108 valence electrons. The van der Waals surface area contributed by atoms with Crippen molar-refractivity contribution < 1.29 is 4.79 Å². The Balaban J connectivity index is 1.68. The summed E-state index contributed by atoms with van der Waals surface area (Å²) in [5, 5.41) is 6.30. The lowest BCUT2D eigenvalue weighted by molar-refractivity contribution is -0.119. The first-order valence-corrected chi connectivity index (χ1v) is 7.61. The first kappa shape index (κ1) is 13.4. The second kappa shape index (κ2) is 5.83. The van der Waals surface area contributed by atoms with Crippen molar-refractivity contribution in [1.82, 2.24) is 5.32 Å². The van der Waals surface area contributed by atoms with E-state index in [-0.39, 0.29) is 11.8 Å². The van der Waals surface area contributed by atoms with Gasteiger partial charge in [-0.2, -0.15) is 0 Å². The zero-order valence-electron chi connectivity index (χ0n) is 12.1. The molecule has 2 aliphatic heterocycles. The molecular weight excluding hydrogens is 250 g/mol. The van der Waals surface area contributed by atoms with Crippen molar-refractivity contribution in [2.75, 3.05) is 36.4 Å². The molecule has 1 aromatic carbocycles. The van der Waals surface area contributed by atoms with Gasteiger partial charge in [-0.1, -0.05) is 0 Å². The third-order valence-corrected chi connectivity index (χ3v) is 4.37. The quantitative estimate of drug-likeness (QED) is 0.887. The van der Waals surface area contributed by atoms with Gasteiger partial charge in [-0.3, -0.25) is 4.79 Å². The van der Waals surface area contributed by atoms with Crippen molar-refractivity contribution in [2.45, 2.75) is 26.2 Å². The molecule has 2 N–H and O–H groups in total. The molecule has 2 aliphatic rings. The summed E-state index contributed by atoms with van der Waals surface area (Å²) in [7, 11) is 0. The van der Waals surface area contributed by atoms with Crippen molar-refractivity contribution in [3.63, 3.8) is 0 Å². The fraction of sp³-hybridized carbons (Fsp3) is 0.562. The lowest BCUT2D eigenvalue weighted by Gasteiger charge is -2.20. The van der Waals surface area contributed by atoms with E-state index in [9.17, 15) is 4.79 Å². The summed E-state index contributed by atoms with van der Waals surface area (Å²) in [4.78, 5) is 14.6. The topological polar surface area (TPSA) is 44.4 Å². The summed E-state index contributed by atoms with van der Waals surface area (Å²) >= 11 is 0. The Morgan fingerprint density at radius 3 is 2.80 bits per heavy atom. The molecule has 1 unspecified atom stereocenters. The fourth-order valence-electron chi connectivity index (χ4n) is 3.07. The number of carbonyl (C=O) groups excluding carboxylic acids is 1. The lowest BCUT2D eigenvalue weighted by Crippen LogP contribution is -2.25. The van der Waals surface area contributed by atoms with Gasteiger partial charge >= 0.3 is 0 Å². The molecule has 0 spiro atoms. The number of nitrogens with zero attached hydrogens (tertiary/aromatic N) is 1. The monoisotopic (exact) mass is 273 g/mol. The highest BCUT2D eigenvalue weighted by atomic mass is 16.1. The van der Waals surface area contributed by atoms with Crippen LogP contribution in [-0.2, 0) is 4.79 Å². The summed E-state index contributed by atoms with van der Waals surface area (Å²) in [6.45, 7) is 6.13. The van der Waals surface area contributed by atoms with Crippen LogP contribution in [0.4, 0.5) is 11.4 Å². The summed E-state index contributed by atoms with van der Waals surface area (Å²) in [5.41, 5.74) is 3.37. The molecule has 3 rings (SSSR count). The second-order valence-electron chi connectivity index (χ2n) is 5.87. The Hall–Kier alpha value is -1.55. The van der Waals surface area contributed by atoms with Crippen LogP contribution >= 0.6 is 0 Å². The van der Waals surface area contributed by atoms with Crippen LogP contribution in [-0.4, -0.2) is 32.1 Å². The molecule has 4 nitrogen and oxygen atoms in total. The minimum atomic E-state index is 0.118. The number of nitrogens with one attached hydrogen (secondary N) is 2. The van der Waals surface area contributed by atoms with E-state index in [2.05, 4.69) is 34.6 Å². The molecule has 1 atom stereocenters. The zero-order valence-corrected chi connectivity index (χ0v) is 12.1. The fourth-order valence-corrected chi connectivity index (χ4v) is 3.07. The van der Waals surface area contributed by atoms with Crippen molar-refractivity contribution in [3.8, 4) is 0 Å². The molecule has 0 radical (unpaired) electrons. The minimum Gasteiger partial charge on any atom is -0.372 e. The van der Waals surface area contributed by atoms with Gasteiger partial charge in [-0.05, 0) is 56.5 Å². The highest BCUT2D eigenvalue weighted by Crippen LogP contribution is 2.26. The molecule has 20 heavy (non-hydrogen) atoms. The highest BCUT2D eigenvalue weighted by molar-refractivity contribution is 5.93. The Kier molecular flexibility index (Phi) is 3.92. The molecular formula is C16H23N3O. The maximum atomic E-state index is 12.1. The van der Waals surface area contributed by atoms with E-state index >= 15 is 0 Å². The summed E-state index contributed by atoms with van der Waals surface area (Å²) < 4.78 is 0. The van der Waals surface area contributed by atoms with Gasteiger partial charge in [0.2, 0.25) is 5.91 Å². The average Bonchev–Trinajstić information content (AvgIpc) is 3.14. The SMILES string of the molecule is Cc1cc(N2CCCC2)ccc1NC(=O)C1CCNC1. The van der Waals surface area contributed by atoms with Crippen LogP contribution in [0.1, 0.15) is 24.8 Å². The van der Waals surface area contributed by atoms with Gasteiger partial charge in [-0.25, -0.2) is 0 Å². The number of carbonyl (C=O) groups is 1. The highest BCUT2D eigenvalue weighted by Gasteiger charge is 2.22. The summed E-state index contributed by atoms with van der Waals surface area (Å²) in [5.74, 6) is 0.264. The van der Waals surface area contributed by atoms with Gasteiger partial charge in [0.25, 0.3) is 0 Å². The molecule has 1 aromatic rings. The van der Waals surface area contributed by atoms with Gasteiger partial charge in [0.1, 0.15) is 0 Å². The standard InChI is InChI=1S/C16H23N3O/c1-12-10-14(19-8-2-3-9-19)4-5-15(12)18-16(20)13-6-7-17-11-13/h4-5,10,13,17H,2-3,6-9,11H2,1H3,(H,18,20). The van der Waals surface area contributed by atoms with Crippen LogP contribution in [0, 0.1) is 12.8 Å². The maximum Gasteiger partial charge on any atom is 0.228 e. The van der Waals surface area contributed by atoms with E-state index in [1.54, 1.807) is 0 Å². The van der Waals surface area contributed by atoms with Gasteiger partial charge in [-0.15, -0.1) is 0 Å². The maximum absolute atomic E-state index is 12.1. The van der Waals surface area contributed by atoms with Gasteiger partial charge in [0.05, 0.1) is 5.92 Å². The van der Waals surface area contributed by atoms with E-state index < -0.39 is 0 Å². The number of anilines is 2. The predicted octanol–water partition coefficient (Wildman–Crippen LogP) is 2.14. The molecule has 1 amide bonds. The van der Waals surface area contributed by atoms with E-state index in [1.165, 1.54) is 18.5 Å². The molecule has 0 saturated carbocycles. The molecule has 0 aromatic heterocycles. The van der Waals surface area contributed by atoms with Gasteiger partial charge in [0.15, 0.2) is 0 Å². The second-order valence-corrected chi connectivity index (χ2v) is 5.87. The van der Waals surface area contributed by atoms with Crippen molar-refractivity contribution in [1.29, 1.82) is 0 Å². The Labute approximate surface area is 120 Å². The van der Waals surface area contributed by atoms with Crippen LogP contribution in [0.15, 0.2) is 18.2 Å². The number of benzene rings is 1. The number of hydrogen-bond acceptors (Lipinski definition) is 3. The smallest absolute Gasteiger partial charge is 0.228 e. The van der Waals surface area contributed by atoms with Crippen LogP contribution in [0.25, 0.3) is 0 Å². The molecule has 2 heterocycles. The Morgan fingerprint density at radius 2 is 2.15 bits per heavy atom. The van der Waals surface area contributed by atoms with E-state index in [1.807, 2.05) is 6.07 Å². The first-order chi connectivity index (χ1) is 9.74. The summed E-state index contributed by atoms with van der Waals surface area (Å²) in [6, 6.07) is 6.36. The van der Waals surface area contributed by atoms with Crippen LogP contribution in [0.3, 0.4) is 0 Å². The van der Waals surface area contributed by atoms with Crippen molar-refractivity contribution in [2.24, 2.45) is 5.92 Å².